The first-order valence-corrected chi connectivity index (χ1v) is 7.97. The molecule has 1 N–H and O–H groups in total. The second kappa shape index (κ2) is 5.92. The smallest absolute Gasteiger partial charge is 0.0174 e. The predicted molar refractivity (Wildman–Crippen MR) is 78.9 cm³/mol. The Morgan fingerprint density at radius 2 is 1.61 bits per heavy atom. The lowest BCUT2D eigenvalue weighted by molar-refractivity contribution is 0.0740. The van der Waals surface area contributed by atoms with Crippen LogP contribution in [0.25, 0.3) is 0 Å². The van der Waals surface area contributed by atoms with Crippen molar-refractivity contribution in [1.29, 1.82) is 0 Å². The minimum absolute atomic E-state index is 0.394. The highest BCUT2D eigenvalue weighted by Gasteiger charge is 2.33. The molecule has 2 rings (SSSR count). The second-order valence-corrected chi connectivity index (χ2v) is 7.16. The van der Waals surface area contributed by atoms with Gasteiger partial charge in [0, 0.05) is 24.7 Å². The van der Waals surface area contributed by atoms with E-state index in [4.69, 9.17) is 0 Å². The van der Waals surface area contributed by atoms with E-state index in [1.807, 2.05) is 0 Å². The Hall–Kier alpha value is -0.0800. The van der Waals surface area contributed by atoms with Gasteiger partial charge >= 0.3 is 0 Å². The minimum Gasteiger partial charge on any atom is -0.314 e. The molecule has 2 aliphatic rings. The number of hydrogen-bond acceptors (Lipinski definition) is 2. The molecule has 1 heterocycles. The van der Waals surface area contributed by atoms with Crippen LogP contribution in [-0.4, -0.2) is 36.6 Å². The summed E-state index contributed by atoms with van der Waals surface area (Å²) >= 11 is 0. The van der Waals surface area contributed by atoms with Crippen molar-refractivity contribution in [2.24, 2.45) is 11.8 Å². The van der Waals surface area contributed by atoms with Crippen LogP contribution in [0.15, 0.2) is 0 Å². The number of piperidine rings is 1. The van der Waals surface area contributed by atoms with Gasteiger partial charge in [-0.15, -0.1) is 0 Å². The molecule has 0 spiro atoms. The molecule has 1 saturated carbocycles. The lowest BCUT2D eigenvalue weighted by Crippen LogP contribution is -2.53. The largest absolute Gasteiger partial charge is 0.314 e. The molecule has 2 nitrogen and oxygen atoms in total. The fourth-order valence-electron chi connectivity index (χ4n) is 3.77. The third kappa shape index (κ3) is 3.27. The summed E-state index contributed by atoms with van der Waals surface area (Å²) in [5, 5.41) is 3.50. The van der Waals surface area contributed by atoms with Crippen LogP contribution in [0, 0.1) is 11.8 Å². The predicted octanol–water partition coefficient (Wildman–Crippen LogP) is 3.28. The Morgan fingerprint density at radius 3 is 2.06 bits per heavy atom. The molecule has 1 aliphatic carbocycles. The molecule has 0 atom stereocenters. The number of rotatable bonds is 3. The van der Waals surface area contributed by atoms with Crippen LogP contribution in [0.1, 0.15) is 59.3 Å². The Labute approximate surface area is 114 Å². The van der Waals surface area contributed by atoms with Gasteiger partial charge in [-0.05, 0) is 64.3 Å². The summed E-state index contributed by atoms with van der Waals surface area (Å²) in [5.41, 5.74) is 0.394. The lowest BCUT2D eigenvalue weighted by atomic mass is 9.78. The van der Waals surface area contributed by atoms with Crippen molar-refractivity contribution < 1.29 is 0 Å². The molecule has 1 aliphatic heterocycles. The van der Waals surface area contributed by atoms with Crippen molar-refractivity contribution in [2.75, 3.05) is 20.1 Å². The molecule has 0 unspecified atom stereocenters. The number of nitrogens with one attached hydrogen (secondary N) is 1. The summed E-state index contributed by atoms with van der Waals surface area (Å²) < 4.78 is 0. The van der Waals surface area contributed by atoms with E-state index in [9.17, 15) is 0 Å². The summed E-state index contributed by atoms with van der Waals surface area (Å²) in [6.45, 7) is 9.76. The van der Waals surface area contributed by atoms with Crippen molar-refractivity contribution in [3.8, 4) is 0 Å². The van der Waals surface area contributed by atoms with Crippen LogP contribution in [0.2, 0.25) is 0 Å². The first-order chi connectivity index (χ1) is 8.54. The maximum atomic E-state index is 3.50. The van der Waals surface area contributed by atoms with E-state index in [0.717, 1.165) is 17.9 Å². The molecular weight excluding hydrogens is 220 g/mol. The summed E-state index contributed by atoms with van der Waals surface area (Å²) in [6, 6.07) is 0.890. The van der Waals surface area contributed by atoms with E-state index in [1.54, 1.807) is 0 Å². The van der Waals surface area contributed by atoms with Crippen LogP contribution in [0.5, 0.6) is 0 Å². The van der Waals surface area contributed by atoms with Gasteiger partial charge in [-0.25, -0.2) is 0 Å². The highest BCUT2D eigenvalue weighted by molar-refractivity contribution is 4.91. The highest BCUT2D eigenvalue weighted by Crippen LogP contribution is 2.34. The van der Waals surface area contributed by atoms with Gasteiger partial charge in [0.05, 0.1) is 0 Å². The fraction of sp³-hybridized carbons (Fsp3) is 1.00. The third-order valence-corrected chi connectivity index (χ3v) is 5.71. The highest BCUT2D eigenvalue weighted by atomic mass is 15.2. The van der Waals surface area contributed by atoms with Crippen LogP contribution >= 0.6 is 0 Å². The number of likely N-dealkylation sites (tertiary alicyclic amines) is 1. The van der Waals surface area contributed by atoms with Gasteiger partial charge in [-0.1, -0.05) is 13.8 Å². The fourth-order valence-corrected chi connectivity index (χ4v) is 3.77. The molecule has 1 saturated heterocycles. The first kappa shape index (κ1) is 14.3. The maximum absolute atomic E-state index is 3.50. The van der Waals surface area contributed by atoms with Crippen molar-refractivity contribution in [2.45, 2.75) is 70.9 Å². The zero-order valence-electron chi connectivity index (χ0n) is 12.8. The zero-order valence-corrected chi connectivity index (χ0v) is 12.8. The quantitative estimate of drug-likeness (QED) is 0.829. The normalized spacial score (nSPS) is 33.8. The summed E-state index contributed by atoms with van der Waals surface area (Å²) in [6.07, 6.45) is 8.43. The molecule has 0 aromatic carbocycles. The Balaban J connectivity index is 1.78. The van der Waals surface area contributed by atoms with Gasteiger partial charge in [-0.2, -0.15) is 0 Å². The molecule has 2 heteroatoms. The van der Waals surface area contributed by atoms with Crippen LogP contribution in [-0.2, 0) is 0 Å². The van der Waals surface area contributed by atoms with Crippen molar-refractivity contribution in [3.05, 3.63) is 0 Å². The Kier molecular flexibility index (Phi) is 4.71. The van der Waals surface area contributed by atoms with E-state index in [-0.39, 0.29) is 0 Å². The molecular formula is C16H32N2. The average Bonchev–Trinajstić information content (AvgIpc) is 2.40. The topological polar surface area (TPSA) is 15.3 Å². The third-order valence-electron chi connectivity index (χ3n) is 5.71. The second-order valence-electron chi connectivity index (χ2n) is 7.16. The van der Waals surface area contributed by atoms with Gasteiger partial charge in [-0.3, -0.25) is 0 Å². The maximum Gasteiger partial charge on any atom is 0.0174 e. The molecule has 0 radical (unpaired) electrons. The molecule has 2 fully saturated rings. The van der Waals surface area contributed by atoms with Crippen LogP contribution in [0.4, 0.5) is 0 Å². The van der Waals surface area contributed by atoms with Gasteiger partial charge in [0.1, 0.15) is 0 Å². The molecule has 18 heavy (non-hydrogen) atoms. The van der Waals surface area contributed by atoms with E-state index in [0.29, 0.717) is 5.54 Å². The lowest BCUT2D eigenvalue weighted by Gasteiger charge is -2.45. The Bertz CT molecular complexity index is 246. The van der Waals surface area contributed by atoms with E-state index in [2.05, 4.69) is 38.0 Å². The van der Waals surface area contributed by atoms with Gasteiger partial charge in [0.15, 0.2) is 0 Å². The molecule has 0 amide bonds. The SMILES string of the molecule is CNC1(C)CCN(C2CCC(C(C)C)CC2)CC1. The summed E-state index contributed by atoms with van der Waals surface area (Å²) in [7, 11) is 2.11. The van der Waals surface area contributed by atoms with Gasteiger partial charge in [0.25, 0.3) is 0 Å². The van der Waals surface area contributed by atoms with Gasteiger partial charge < -0.3 is 10.2 Å². The minimum atomic E-state index is 0.394. The van der Waals surface area contributed by atoms with E-state index >= 15 is 0 Å². The molecule has 0 aromatic heterocycles. The monoisotopic (exact) mass is 252 g/mol. The molecule has 106 valence electrons. The number of nitrogens with zero attached hydrogens (tertiary/aromatic N) is 1. The van der Waals surface area contributed by atoms with Crippen LogP contribution < -0.4 is 5.32 Å². The van der Waals surface area contributed by atoms with Crippen molar-refractivity contribution in [3.63, 3.8) is 0 Å². The standard InChI is InChI=1S/C16H32N2/c1-13(2)14-5-7-15(8-6-14)18-11-9-16(3,17-4)10-12-18/h13-15,17H,5-12H2,1-4H3. The molecule has 0 bridgehead atoms. The summed E-state index contributed by atoms with van der Waals surface area (Å²) in [4.78, 5) is 2.77. The van der Waals surface area contributed by atoms with Gasteiger partial charge in [0.2, 0.25) is 0 Å². The summed E-state index contributed by atoms with van der Waals surface area (Å²) in [5.74, 6) is 1.88. The number of hydrogen-bond donors (Lipinski definition) is 1. The zero-order chi connectivity index (χ0) is 13.2. The van der Waals surface area contributed by atoms with Crippen LogP contribution in [0.3, 0.4) is 0 Å². The molecule has 0 aromatic rings. The first-order valence-electron chi connectivity index (χ1n) is 7.97. The van der Waals surface area contributed by atoms with E-state index in [1.165, 1.54) is 51.6 Å². The Morgan fingerprint density at radius 1 is 1.06 bits per heavy atom. The van der Waals surface area contributed by atoms with Crippen molar-refractivity contribution >= 4 is 0 Å². The van der Waals surface area contributed by atoms with Crippen molar-refractivity contribution in [1.82, 2.24) is 10.2 Å². The van der Waals surface area contributed by atoms with E-state index < -0.39 is 0 Å². The average molecular weight is 252 g/mol.